The van der Waals surface area contributed by atoms with Gasteiger partial charge in [-0.2, -0.15) is 4.98 Å². The molecule has 1 fully saturated rings. The van der Waals surface area contributed by atoms with Gasteiger partial charge in [0.15, 0.2) is 5.82 Å². The summed E-state index contributed by atoms with van der Waals surface area (Å²) in [5.41, 5.74) is -0.112. The third-order valence-electron chi connectivity index (χ3n) is 3.47. The lowest BCUT2D eigenvalue weighted by atomic mass is 9.96. The summed E-state index contributed by atoms with van der Waals surface area (Å²) in [6.45, 7) is 8.25. The van der Waals surface area contributed by atoms with E-state index < -0.39 is 5.97 Å². The summed E-state index contributed by atoms with van der Waals surface area (Å²) in [6.07, 6.45) is 1.69. The smallest absolute Gasteiger partial charge is 0.329 e. The lowest BCUT2D eigenvalue weighted by Crippen LogP contribution is -2.37. The van der Waals surface area contributed by atoms with Gasteiger partial charge in [-0.05, 0) is 12.8 Å². The van der Waals surface area contributed by atoms with Crippen LogP contribution in [-0.4, -0.2) is 51.9 Å². The topological polar surface area (TPSA) is 88.7 Å². The molecule has 0 bridgehead atoms. The van der Waals surface area contributed by atoms with Crippen LogP contribution in [0.4, 0.5) is 0 Å². The standard InChI is InChI=1S/C14H23N3O4/c1-14(2,3)13-15-11(21-16-13)8-17-6-4-10(5-7-17)20-9-12(18)19/h10H,4-9H2,1-3H3,(H,18,19). The van der Waals surface area contributed by atoms with Gasteiger partial charge in [-0.1, -0.05) is 25.9 Å². The summed E-state index contributed by atoms with van der Waals surface area (Å²) in [5, 5.41) is 12.6. The van der Waals surface area contributed by atoms with Gasteiger partial charge in [0.05, 0.1) is 12.6 Å². The van der Waals surface area contributed by atoms with Gasteiger partial charge in [-0.15, -0.1) is 0 Å². The normalized spacial score (nSPS) is 18.0. The second-order valence-corrected chi connectivity index (χ2v) is 6.44. The van der Waals surface area contributed by atoms with Gasteiger partial charge < -0.3 is 14.4 Å². The molecule has 0 amide bonds. The monoisotopic (exact) mass is 297 g/mol. The van der Waals surface area contributed by atoms with E-state index >= 15 is 0 Å². The average Bonchev–Trinajstić information content (AvgIpc) is 2.86. The van der Waals surface area contributed by atoms with Gasteiger partial charge in [0.1, 0.15) is 6.61 Å². The molecule has 1 aliphatic heterocycles. The molecule has 118 valence electrons. The molecule has 1 N–H and O–H groups in total. The van der Waals surface area contributed by atoms with Crippen molar-refractivity contribution in [3.63, 3.8) is 0 Å². The molecular weight excluding hydrogens is 274 g/mol. The number of hydrogen-bond acceptors (Lipinski definition) is 6. The second-order valence-electron chi connectivity index (χ2n) is 6.44. The molecule has 2 heterocycles. The molecule has 21 heavy (non-hydrogen) atoms. The maximum atomic E-state index is 10.5. The predicted molar refractivity (Wildman–Crippen MR) is 74.9 cm³/mol. The van der Waals surface area contributed by atoms with Crippen LogP contribution in [0, 0.1) is 0 Å². The second kappa shape index (κ2) is 6.53. The van der Waals surface area contributed by atoms with Crippen LogP contribution in [0.15, 0.2) is 4.52 Å². The molecule has 1 aromatic heterocycles. The Hall–Kier alpha value is -1.47. The van der Waals surface area contributed by atoms with Crippen molar-refractivity contribution in [1.29, 1.82) is 0 Å². The molecular formula is C14H23N3O4. The molecule has 0 radical (unpaired) electrons. The number of piperidine rings is 1. The minimum absolute atomic E-state index is 0.0326. The molecule has 0 saturated carbocycles. The number of ether oxygens (including phenoxy) is 1. The Morgan fingerprint density at radius 1 is 1.43 bits per heavy atom. The summed E-state index contributed by atoms with van der Waals surface area (Å²) in [6, 6.07) is 0. The highest BCUT2D eigenvalue weighted by atomic mass is 16.5. The average molecular weight is 297 g/mol. The third kappa shape index (κ3) is 4.78. The molecule has 7 nitrogen and oxygen atoms in total. The summed E-state index contributed by atoms with van der Waals surface area (Å²) >= 11 is 0. The number of aliphatic carboxylic acids is 1. The molecule has 0 spiro atoms. The van der Waals surface area contributed by atoms with E-state index in [1.165, 1.54) is 0 Å². The molecule has 1 aromatic rings. The zero-order valence-electron chi connectivity index (χ0n) is 12.8. The van der Waals surface area contributed by atoms with Crippen molar-refractivity contribution in [2.24, 2.45) is 0 Å². The van der Waals surface area contributed by atoms with Crippen molar-refractivity contribution in [1.82, 2.24) is 15.0 Å². The highest BCUT2D eigenvalue weighted by molar-refractivity contribution is 5.68. The molecule has 0 aliphatic carbocycles. The van der Waals surface area contributed by atoms with Crippen LogP contribution in [-0.2, 0) is 21.5 Å². The van der Waals surface area contributed by atoms with Gasteiger partial charge >= 0.3 is 5.97 Å². The first-order valence-electron chi connectivity index (χ1n) is 7.23. The minimum atomic E-state index is -0.919. The lowest BCUT2D eigenvalue weighted by molar-refractivity contribution is -0.145. The van der Waals surface area contributed by atoms with Crippen LogP contribution in [0.1, 0.15) is 45.3 Å². The van der Waals surface area contributed by atoms with E-state index in [2.05, 4.69) is 15.0 Å². The van der Waals surface area contributed by atoms with Crippen molar-refractivity contribution < 1.29 is 19.2 Å². The summed E-state index contributed by atoms with van der Waals surface area (Å²) in [4.78, 5) is 17.1. The Bertz CT molecular complexity index is 473. The molecule has 2 rings (SSSR count). The highest BCUT2D eigenvalue weighted by Crippen LogP contribution is 2.20. The molecule has 0 atom stereocenters. The Balaban J connectivity index is 1.78. The first-order chi connectivity index (χ1) is 9.84. The van der Waals surface area contributed by atoms with Crippen molar-refractivity contribution in [2.75, 3.05) is 19.7 Å². The van der Waals surface area contributed by atoms with Gasteiger partial charge in [-0.3, -0.25) is 4.90 Å². The molecule has 7 heteroatoms. The Morgan fingerprint density at radius 2 is 2.10 bits per heavy atom. The molecule has 0 aromatic carbocycles. The van der Waals surface area contributed by atoms with Crippen LogP contribution >= 0.6 is 0 Å². The van der Waals surface area contributed by atoms with Crippen LogP contribution in [0.25, 0.3) is 0 Å². The van der Waals surface area contributed by atoms with Crippen molar-refractivity contribution in [2.45, 2.75) is 51.7 Å². The van der Waals surface area contributed by atoms with E-state index in [0.29, 0.717) is 12.4 Å². The van der Waals surface area contributed by atoms with Gasteiger partial charge in [-0.25, -0.2) is 4.79 Å². The van der Waals surface area contributed by atoms with Crippen LogP contribution in [0.5, 0.6) is 0 Å². The Labute approximate surface area is 124 Å². The quantitative estimate of drug-likeness (QED) is 0.879. The summed E-state index contributed by atoms with van der Waals surface area (Å²) < 4.78 is 10.6. The first-order valence-corrected chi connectivity index (χ1v) is 7.23. The van der Waals surface area contributed by atoms with E-state index in [1.807, 2.05) is 20.8 Å². The van der Waals surface area contributed by atoms with E-state index in [0.717, 1.165) is 31.8 Å². The number of carboxylic acids is 1. The fraction of sp³-hybridized carbons (Fsp3) is 0.786. The SMILES string of the molecule is CC(C)(C)c1noc(CN2CCC(OCC(=O)O)CC2)n1. The molecule has 1 saturated heterocycles. The number of carbonyl (C=O) groups is 1. The predicted octanol–water partition coefficient (Wildman–Crippen LogP) is 1.43. The van der Waals surface area contributed by atoms with Crippen molar-refractivity contribution >= 4 is 5.97 Å². The number of carboxylic acid groups (broad SMARTS) is 1. The van der Waals surface area contributed by atoms with Gasteiger partial charge in [0.2, 0.25) is 5.89 Å². The van der Waals surface area contributed by atoms with E-state index in [9.17, 15) is 4.79 Å². The van der Waals surface area contributed by atoms with Crippen LogP contribution < -0.4 is 0 Å². The summed E-state index contributed by atoms with van der Waals surface area (Å²) in [5.74, 6) is 0.431. The number of nitrogens with zero attached hydrogens (tertiary/aromatic N) is 3. The van der Waals surface area contributed by atoms with Crippen molar-refractivity contribution in [3.8, 4) is 0 Å². The number of likely N-dealkylation sites (tertiary alicyclic amines) is 1. The molecule has 0 unspecified atom stereocenters. The van der Waals surface area contributed by atoms with E-state index in [4.69, 9.17) is 14.4 Å². The maximum absolute atomic E-state index is 10.5. The zero-order chi connectivity index (χ0) is 15.5. The van der Waals surface area contributed by atoms with Gasteiger partial charge in [0, 0.05) is 18.5 Å². The fourth-order valence-corrected chi connectivity index (χ4v) is 2.24. The maximum Gasteiger partial charge on any atom is 0.329 e. The first kappa shape index (κ1) is 15.9. The summed E-state index contributed by atoms with van der Waals surface area (Å²) in [7, 11) is 0. The van der Waals surface area contributed by atoms with Crippen molar-refractivity contribution in [3.05, 3.63) is 11.7 Å². The van der Waals surface area contributed by atoms with Crippen LogP contribution in [0.2, 0.25) is 0 Å². The van der Waals surface area contributed by atoms with Crippen LogP contribution in [0.3, 0.4) is 0 Å². The zero-order valence-corrected chi connectivity index (χ0v) is 12.8. The number of aromatic nitrogens is 2. The number of rotatable bonds is 5. The van der Waals surface area contributed by atoms with E-state index in [1.54, 1.807) is 0 Å². The molecule has 1 aliphatic rings. The highest BCUT2D eigenvalue weighted by Gasteiger charge is 2.24. The van der Waals surface area contributed by atoms with E-state index in [-0.39, 0.29) is 18.1 Å². The minimum Gasteiger partial charge on any atom is -0.480 e. The Morgan fingerprint density at radius 3 is 2.62 bits per heavy atom. The lowest BCUT2D eigenvalue weighted by Gasteiger charge is -2.30. The third-order valence-corrected chi connectivity index (χ3v) is 3.47. The largest absolute Gasteiger partial charge is 0.480 e. The number of hydrogen-bond donors (Lipinski definition) is 1. The fourth-order valence-electron chi connectivity index (χ4n) is 2.24. The van der Waals surface area contributed by atoms with Gasteiger partial charge in [0.25, 0.3) is 0 Å². The Kier molecular flexibility index (Phi) is 4.95.